The highest BCUT2D eigenvalue weighted by Crippen LogP contribution is 2.37. The van der Waals surface area contributed by atoms with Crippen LogP contribution in [0.2, 0.25) is 0 Å². The van der Waals surface area contributed by atoms with Crippen LogP contribution in [0.4, 0.5) is 15.6 Å². The molecule has 1 saturated heterocycles. The molecule has 6 nitrogen and oxygen atoms in total. The van der Waals surface area contributed by atoms with Crippen molar-refractivity contribution in [1.29, 1.82) is 0 Å². The van der Waals surface area contributed by atoms with Gasteiger partial charge in [0.25, 0.3) is 0 Å². The Morgan fingerprint density at radius 2 is 2.16 bits per heavy atom. The van der Waals surface area contributed by atoms with Crippen LogP contribution in [0.5, 0.6) is 0 Å². The lowest BCUT2D eigenvalue weighted by Gasteiger charge is -2.34. The van der Waals surface area contributed by atoms with Crippen LogP contribution in [0, 0.1) is 0 Å². The van der Waals surface area contributed by atoms with Crippen molar-refractivity contribution in [3.05, 3.63) is 0 Å². The van der Waals surface area contributed by atoms with E-state index in [2.05, 4.69) is 9.27 Å². The predicted octanol–water partition coefficient (Wildman–Crippen LogP) is 1.73. The highest BCUT2D eigenvalue weighted by molar-refractivity contribution is 7.99. The maximum atomic E-state index is 11.6. The molecule has 0 radical (unpaired) electrons. The SMILES string of the molecule is CCOC(=O)N1CCN(c2snc(N)c2SC)CC1. The van der Waals surface area contributed by atoms with Crippen molar-refractivity contribution in [2.45, 2.75) is 11.8 Å². The van der Waals surface area contributed by atoms with E-state index < -0.39 is 0 Å². The average molecular weight is 302 g/mol. The summed E-state index contributed by atoms with van der Waals surface area (Å²) in [7, 11) is 0. The molecule has 1 aromatic heterocycles. The fourth-order valence-corrected chi connectivity index (χ4v) is 3.72. The zero-order valence-electron chi connectivity index (χ0n) is 11.1. The number of rotatable bonds is 3. The molecule has 2 N–H and O–H groups in total. The predicted molar refractivity (Wildman–Crippen MR) is 79.1 cm³/mol. The summed E-state index contributed by atoms with van der Waals surface area (Å²) in [6.45, 7) is 5.15. The molecule has 0 aliphatic carbocycles. The summed E-state index contributed by atoms with van der Waals surface area (Å²) in [5, 5.41) is 1.11. The van der Waals surface area contributed by atoms with Crippen LogP contribution in [0.3, 0.4) is 0 Å². The summed E-state index contributed by atoms with van der Waals surface area (Å²) >= 11 is 3.04. The van der Waals surface area contributed by atoms with E-state index in [9.17, 15) is 4.79 Å². The first-order valence-electron chi connectivity index (χ1n) is 6.13. The zero-order chi connectivity index (χ0) is 13.8. The number of amides is 1. The Hall–Kier alpha value is -1.15. The topological polar surface area (TPSA) is 71.7 Å². The van der Waals surface area contributed by atoms with Gasteiger partial charge in [-0.3, -0.25) is 0 Å². The number of thioether (sulfide) groups is 1. The highest BCUT2D eigenvalue weighted by atomic mass is 32.2. The van der Waals surface area contributed by atoms with Gasteiger partial charge in [0.15, 0.2) is 5.82 Å². The van der Waals surface area contributed by atoms with Crippen molar-refractivity contribution < 1.29 is 9.53 Å². The number of anilines is 2. The number of hydrogen-bond acceptors (Lipinski definition) is 7. The van der Waals surface area contributed by atoms with Gasteiger partial charge in [-0.25, -0.2) is 4.79 Å². The number of aromatic nitrogens is 1. The number of carbonyl (C=O) groups is 1. The molecule has 1 aliphatic heterocycles. The summed E-state index contributed by atoms with van der Waals surface area (Å²) in [6.07, 6.45) is 1.77. The molecule has 8 heteroatoms. The minimum atomic E-state index is -0.226. The third kappa shape index (κ3) is 3.06. The van der Waals surface area contributed by atoms with Gasteiger partial charge in [-0.1, -0.05) is 0 Å². The van der Waals surface area contributed by atoms with Gasteiger partial charge in [0, 0.05) is 26.2 Å². The Kier molecular flexibility index (Phi) is 4.76. The molecule has 0 saturated carbocycles. The maximum absolute atomic E-state index is 11.6. The van der Waals surface area contributed by atoms with Crippen LogP contribution in [0.15, 0.2) is 4.90 Å². The molecule has 2 rings (SSSR count). The minimum absolute atomic E-state index is 0.226. The van der Waals surface area contributed by atoms with E-state index in [0.29, 0.717) is 25.5 Å². The number of piperazine rings is 1. The van der Waals surface area contributed by atoms with E-state index in [4.69, 9.17) is 10.5 Å². The van der Waals surface area contributed by atoms with Crippen molar-refractivity contribution in [2.75, 3.05) is 49.7 Å². The molecule has 1 aliphatic rings. The lowest BCUT2D eigenvalue weighted by Crippen LogP contribution is -2.48. The van der Waals surface area contributed by atoms with Crippen molar-refractivity contribution in [1.82, 2.24) is 9.27 Å². The maximum Gasteiger partial charge on any atom is 0.409 e. The van der Waals surface area contributed by atoms with E-state index in [0.717, 1.165) is 23.0 Å². The Morgan fingerprint density at radius 1 is 1.47 bits per heavy atom. The van der Waals surface area contributed by atoms with Crippen LogP contribution in [0.25, 0.3) is 0 Å². The quantitative estimate of drug-likeness (QED) is 0.857. The zero-order valence-corrected chi connectivity index (χ0v) is 12.7. The fourth-order valence-electron chi connectivity index (χ4n) is 1.98. The Morgan fingerprint density at radius 3 is 2.74 bits per heavy atom. The lowest BCUT2D eigenvalue weighted by atomic mass is 10.3. The number of nitrogens with two attached hydrogens (primary N) is 1. The smallest absolute Gasteiger partial charge is 0.409 e. The monoisotopic (exact) mass is 302 g/mol. The van der Waals surface area contributed by atoms with Crippen molar-refractivity contribution >= 4 is 40.2 Å². The minimum Gasteiger partial charge on any atom is -0.450 e. The lowest BCUT2D eigenvalue weighted by molar-refractivity contribution is 0.105. The first-order chi connectivity index (χ1) is 9.17. The third-order valence-corrected chi connectivity index (χ3v) is 4.82. The Balaban J connectivity index is 1.98. The fraction of sp³-hybridized carbons (Fsp3) is 0.636. The van der Waals surface area contributed by atoms with Crippen LogP contribution < -0.4 is 10.6 Å². The second-order valence-corrected chi connectivity index (χ2v) is 5.65. The summed E-state index contributed by atoms with van der Waals surface area (Å²) in [4.78, 5) is 16.6. The van der Waals surface area contributed by atoms with E-state index in [1.54, 1.807) is 16.7 Å². The molecule has 106 valence electrons. The van der Waals surface area contributed by atoms with Crippen LogP contribution in [-0.4, -0.2) is 54.4 Å². The van der Waals surface area contributed by atoms with E-state index in [1.807, 2.05) is 13.2 Å². The van der Waals surface area contributed by atoms with Crippen molar-refractivity contribution in [3.63, 3.8) is 0 Å². The molecule has 1 aromatic rings. The summed E-state index contributed by atoms with van der Waals surface area (Å²) in [5.74, 6) is 0.598. The number of hydrogen-bond donors (Lipinski definition) is 1. The van der Waals surface area contributed by atoms with Gasteiger partial charge < -0.3 is 20.3 Å². The molecular weight excluding hydrogens is 284 g/mol. The molecular formula is C11H18N4O2S2. The van der Waals surface area contributed by atoms with Gasteiger partial charge in [0.05, 0.1) is 11.5 Å². The Bertz CT molecular complexity index is 444. The summed E-state index contributed by atoms with van der Waals surface area (Å²) in [6, 6.07) is 0. The number of nitrogen functional groups attached to an aromatic ring is 1. The summed E-state index contributed by atoms with van der Waals surface area (Å²) in [5.41, 5.74) is 5.84. The van der Waals surface area contributed by atoms with E-state index >= 15 is 0 Å². The van der Waals surface area contributed by atoms with Gasteiger partial charge in [-0.05, 0) is 24.7 Å². The van der Waals surface area contributed by atoms with E-state index in [1.165, 1.54) is 11.5 Å². The van der Waals surface area contributed by atoms with Crippen LogP contribution in [0.1, 0.15) is 6.92 Å². The normalized spacial score (nSPS) is 15.7. The van der Waals surface area contributed by atoms with Gasteiger partial charge in [-0.15, -0.1) is 11.8 Å². The molecule has 0 atom stereocenters. The number of nitrogens with zero attached hydrogens (tertiary/aromatic N) is 3. The van der Waals surface area contributed by atoms with Gasteiger partial charge in [-0.2, -0.15) is 4.37 Å². The molecule has 1 amide bonds. The standard InChI is InChI=1S/C11H18N4O2S2/c1-3-17-11(16)15-6-4-14(5-7-15)10-8(18-2)9(12)13-19-10/h3-7H2,1-2H3,(H2,12,13). The van der Waals surface area contributed by atoms with Crippen LogP contribution in [-0.2, 0) is 4.74 Å². The van der Waals surface area contributed by atoms with Gasteiger partial charge in [0.2, 0.25) is 0 Å². The van der Waals surface area contributed by atoms with Crippen LogP contribution >= 0.6 is 23.3 Å². The third-order valence-electron chi connectivity index (χ3n) is 2.95. The number of ether oxygens (including phenoxy) is 1. The molecule has 2 heterocycles. The molecule has 19 heavy (non-hydrogen) atoms. The average Bonchev–Trinajstić information content (AvgIpc) is 2.80. The Labute approximate surface area is 121 Å². The van der Waals surface area contributed by atoms with Crippen molar-refractivity contribution in [2.24, 2.45) is 0 Å². The molecule has 0 aromatic carbocycles. The molecule has 0 unspecified atom stereocenters. The molecule has 0 bridgehead atoms. The van der Waals surface area contributed by atoms with Crippen molar-refractivity contribution in [3.8, 4) is 0 Å². The second-order valence-electron chi connectivity index (χ2n) is 4.08. The van der Waals surface area contributed by atoms with Gasteiger partial charge in [0.1, 0.15) is 5.00 Å². The van der Waals surface area contributed by atoms with E-state index in [-0.39, 0.29) is 6.09 Å². The first kappa shape index (κ1) is 14.3. The van der Waals surface area contributed by atoms with Gasteiger partial charge >= 0.3 is 6.09 Å². The largest absolute Gasteiger partial charge is 0.450 e. The molecule has 1 fully saturated rings. The highest BCUT2D eigenvalue weighted by Gasteiger charge is 2.25. The second kappa shape index (κ2) is 6.33. The molecule has 0 spiro atoms. The first-order valence-corrected chi connectivity index (χ1v) is 8.13. The number of carbonyl (C=O) groups excluding carboxylic acids is 1. The summed E-state index contributed by atoms with van der Waals surface area (Å²) < 4.78 is 9.20.